The molecule has 0 unspecified atom stereocenters. The highest BCUT2D eigenvalue weighted by molar-refractivity contribution is 7.99. The molecule has 0 spiro atoms. The molecule has 8 heteroatoms. The van der Waals surface area contributed by atoms with Gasteiger partial charge >= 0.3 is 5.97 Å². The molecule has 1 aromatic carbocycles. The topological polar surface area (TPSA) is 118 Å². The first-order valence-electron chi connectivity index (χ1n) is 5.60. The zero-order valence-corrected chi connectivity index (χ0v) is 10.9. The third-order valence-electron chi connectivity index (χ3n) is 2.66. The van der Waals surface area contributed by atoms with Crippen molar-refractivity contribution in [1.29, 1.82) is 0 Å². The minimum absolute atomic E-state index is 0.0740. The van der Waals surface area contributed by atoms with Gasteiger partial charge in [-0.1, -0.05) is 11.8 Å². The van der Waals surface area contributed by atoms with E-state index < -0.39 is 5.97 Å². The molecule has 2 heterocycles. The third kappa shape index (κ3) is 2.16. The van der Waals surface area contributed by atoms with E-state index in [1.165, 1.54) is 30.5 Å². The number of nitrogen functional groups attached to an aromatic ring is 1. The fourth-order valence-electron chi connectivity index (χ4n) is 1.72. The van der Waals surface area contributed by atoms with Crippen LogP contribution in [0, 0.1) is 0 Å². The Morgan fingerprint density at radius 1 is 1.30 bits per heavy atom. The lowest BCUT2D eigenvalue weighted by Gasteiger charge is -2.05. The summed E-state index contributed by atoms with van der Waals surface area (Å²) in [6.07, 6.45) is 2.95. The zero-order chi connectivity index (χ0) is 14.1. The molecule has 20 heavy (non-hydrogen) atoms. The lowest BCUT2D eigenvalue weighted by atomic mass is 10.2. The van der Waals surface area contributed by atoms with Crippen molar-refractivity contribution in [3.8, 4) is 0 Å². The summed E-state index contributed by atoms with van der Waals surface area (Å²) in [6, 6.07) is 4.83. The van der Waals surface area contributed by atoms with Gasteiger partial charge in [-0.15, -0.1) is 0 Å². The molecule has 0 saturated carbocycles. The normalized spacial score (nSPS) is 10.8. The number of H-pyrrole nitrogens is 1. The summed E-state index contributed by atoms with van der Waals surface area (Å²) in [5, 5.41) is 9.74. The number of aromatic amines is 1. The number of aromatic carboxylic acids is 1. The summed E-state index contributed by atoms with van der Waals surface area (Å²) in [7, 11) is 0. The first-order chi connectivity index (χ1) is 9.65. The predicted octanol–water partition coefficient (Wildman–Crippen LogP) is 1.78. The minimum Gasteiger partial charge on any atom is -0.478 e. The van der Waals surface area contributed by atoms with Crippen LogP contribution in [0.3, 0.4) is 0 Å². The van der Waals surface area contributed by atoms with Gasteiger partial charge < -0.3 is 15.8 Å². The van der Waals surface area contributed by atoms with Crippen LogP contribution in [-0.4, -0.2) is 31.0 Å². The number of nitrogens with zero attached hydrogens (tertiary/aromatic N) is 3. The Bertz CT molecular complexity index is 801. The van der Waals surface area contributed by atoms with Gasteiger partial charge in [-0.3, -0.25) is 0 Å². The Morgan fingerprint density at radius 3 is 2.95 bits per heavy atom. The van der Waals surface area contributed by atoms with E-state index in [4.69, 9.17) is 10.8 Å². The number of benzene rings is 1. The van der Waals surface area contributed by atoms with E-state index in [1.54, 1.807) is 12.1 Å². The largest absolute Gasteiger partial charge is 0.478 e. The maximum atomic E-state index is 11.1. The zero-order valence-electron chi connectivity index (χ0n) is 10.1. The van der Waals surface area contributed by atoms with E-state index in [9.17, 15) is 4.79 Å². The number of anilines is 1. The van der Waals surface area contributed by atoms with Crippen molar-refractivity contribution in [1.82, 2.24) is 19.9 Å². The molecule has 4 N–H and O–H groups in total. The molecule has 0 radical (unpaired) electrons. The van der Waals surface area contributed by atoms with E-state index in [-0.39, 0.29) is 11.3 Å². The minimum atomic E-state index is -1.06. The highest BCUT2D eigenvalue weighted by Gasteiger charge is 2.12. The molecule has 0 amide bonds. The molecule has 3 rings (SSSR count). The molecule has 0 fully saturated rings. The van der Waals surface area contributed by atoms with Gasteiger partial charge in [-0.2, -0.15) is 0 Å². The van der Waals surface area contributed by atoms with Crippen molar-refractivity contribution in [2.45, 2.75) is 9.92 Å². The summed E-state index contributed by atoms with van der Waals surface area (Å²) >= 11 is 1.32. The summed E-state index contributed by atoms with van der Waals surface area (Å²) in [5.74, 6) is -1.06. The van der Waals surface area contributed by atoms with E-state index in [0.29, 0.717) is 16.2 Å². The summed E-state index contributed by atoms with van der Waals surface area (Å²) < 4.78 is 0. The fraction of sp³-hybridized carbons (Fsp3) is 0. The number of carboxylic acid groups (broad SMARTS) is 1. The van der Waals surface area contributed by atoms with Crippen molar-refractivity contribution in [3.05, 3.63) is 36.4 Å². The second kappa shape index (κ2) is 4.82. The number of fused-ring (bicyclic) bond motifs is 1. The van der Waals surface area contributed by atoms with Crippen molar-refractivity contribution < 1.29 is 9.90 Å². The molecule has 0 saturated heterocycles. The molecule has 0 bridgehead atoms. The monoisotopic (exact) mass is 287 g/mol. The molecule has 100 valence electrons. The van der Waals surface area contributed by atoms with E-state index in [1.807, 2.05) is 0 Å². The van der Waals surface area contributed by atoms with Crippen LogP contribution >= 0.6 is 11.8 Å². The van der Waals surface area contributed by atoms with Crippen LogP contribution in [-0.2, 0) is 0 Å². The molecule has 0 aliphatic carbocycles. The smallest absolute Gasteiger partial charge is 0.337 e. The predicted molar refractivity (Wildman–Crippen MR) is 73.6 cm³/mol. The molecule has 3 aromatic rings. The Morgan fingerprint density at radius 2 is 2.15 bits per heavy atom. The number of hydrogen-bond acceptors (Lipinski definition) is 6. The van der Waals surface area contributed by atoms with Crippen molar-refractivity contribution in [2.75, 3.05) is 5.73 Å². The molecule has 0 aliphatic rings. The van der Waals surface area contributed by atoms with Crippen molar-refractivity contribution >= 4 is 34.6 Å². The molecule has 0 atom stereocenters. The Labute approximate surface area is 117 Å². The number of imidazole rings is 1. The Balaban J connectivity index is 2.01. The van der Waals surface area contributed by atoms with Crippen LogP contribution in [0.2, 0.25) is 0 Å². The quantitative estimate of drug-likeness (QED) is 0.496. The summed E-state index contributed by atoms with van der Waals surface area (Å²) in [4.78, 5) is 27.0. The standard InChI is InChI=1S/C12H9N5O2S/c13-8-2-1-6(3-7(8)12(18)19)20-11-9-10(15-4-14-9)16-5-17-11/h1-5H,13H2,(H,18,19)(H,14,15,16,17). The highest BCUT2D eigenvalue weighted by atomic mass is 32.2. The van der Waals surface area contributed by atoms with E-state index in [0.717, 1.165) is 4.90 Å². The third-order valence-corrected chi connectivity index (χ3v) is 3.65. The van der Waals surface area contributed by atoms with Crippen LogP contribution in [0.25, 0.3) is 11.2 Å². The Hall–Kier alpha value is -2.61. The van der Waals surface area contributed by atoms with E-state index >= 15 is 0 Å². The van der Waals surface area contributed by atoms with Gasteiger partial charge in [0.1, 0.15) is 16.9 Å². The number of carboxylic acids is 1. The molecule has 0 aliphatic heterocycles. The molecular formula is C12H9N5O2S. The van der Waals surface area contributed by atoms with Gasteiger partial charge in [-0.25, -0.2) is 19.7 Å². The van der Waals surface area contributed by atoms with Crippen LogP contribution < -0.4 is 5.73 Å². The fourth-order valence-corrected chi connectivity index (χ4v) is 2.60. The van der Waals surface area contributed by atoms with Crippen LogP contribution in [0.15, 0.2) is 40.8 Å². The van der Waals surface area contributed by atoms with Gasteiger partial charge in [0.25, 0.3) is 0 Å². The first-order valence-corrected chi connectivity index (χ1v) is 6.41. The SMILES string of the molecule is Nc1ccc(Sc2ncnc3nc[nH]c23)cc1C(=O)O. The maximum absolute atomic E-state index is 11.1. The van der Waals surface area contributed by atoms with Crippen LogP contribution in [0.5, 0.6) is 0 Å². The average molecular weight is 287 g/mol. The summed E-state index contributed by atoms with van der Waals surface area (Å²) in [6.45, 7) is 0. The lowest BCUT2D eigenvalue weighted by molar-refractivity contribution is 0.0698. The molecule has 2 aromatic heterocycles. The van der Waals surface area contributed by atoms with Crippen LogP contribution in [0.1, 0.15) is 10.4 Å². The van der Waals surface area contributed by atoms with E-state index in [2.05, 4.69) is 19.9 Å². The highest BCUT2D eigenvalue weighted by Crippen LogP contribution is 2.31. The van der Waals surface area contributed by atoms with Gasteiger partial charge in [0.2, 0.25) is 0 Å². The lowest BCUT2D eigenvalue weighted by Crippen LogP contribution is -2.02. The number of rotatable bonds is 3. The van der Waals surface area contributed by atoms with Gasteiger partial charge in [0, 0.05) is 10.6 Å². The summed E-state index contributed by atoms with van der Waals surface area (Å²) in [5.41, 5.74) is 7.21. The van der Waals surface area contributed by atoms with Gasteiger partial charge in [0.05, 0.1) is 11.9 Å². The first kappa shape index (κ1) is 12.4. The second-order valence-corrected chi connectivity index (χ2v) is 5.00. The van der Waals surface area contributed by atoms with Crippen molar-refractivity contribution in [3.63, 3.8) is 0 Å². The number of aromatic nitrogens is 4. The van der Waals surface area contributed by atoms with Gasteiger partial charge in [-0.05, 0) is 18.2 Å². The number of nitrogens with one attached hydrogen (secondary N) is 1. The number of carbonyl (C=O) groups is 1. The number of hydrogen-bond donors (Lipinski definition) is 3. The number of nitrogens with two attached hydrogens (primary N) is 1. The van der Waals surface area contributed by atoms with Crippen molar-refractivity contribution in [2.24, 2.45) is 0 Å². The second-order valence-electron chi connectivity index (χ2n) is 3.94. The average Bonchev–Trinajstić information content (AvgIpc) is 2.90. The Kier molecular flexibility index (Phi) is 2.99. The maximum Gasteiger partial charge on any atom is 0.337 e. The molecule has 7 nitrogen and oxygen atoms in total. The van der Waals surface area contributed by atoms with Gasteiger partial charge in [0.15, 0.2) is 5.65 Å². The molecular weight excluding hydrogens is 278 g/mol. The van der Waals surface area contributed by atoms with Crippen LogP contribution in [0.4, 0.5) is 5.69 Å².